The zero-order valence-electron chi connectivity index (χ0n) is 8.84. The molecule has 0 saturated carbocycles. The predicted molar refractivity (Wildman–Crippen MR) is 67.1 cm³/mol. The minimum Gasteiger partial charge on any atom is -0.399 e. The second-order valence-corrected chi connectivity index (χ2v) is 4.59. The monoisotopic (exact) mass is 210 g/mol. The van der Waals surface area contributed by atoms with Crippen molar-refractivity contribution in [3.63, 3.8) is 0 Å². The highest BCUT2D eigenvalue weighted by Crippen LogP contribution is 2.16. The summed E-state index contributed by atoms with van der Waals surface area (Å²) in [4.78, 5) is 0. The normalized spacial score (nSPS) is 10.1. The van der Waals surface area contributed by atoms with Crippen molar-refractivity contribution in [1.82, 2.24) is 0 Å². The van der Waals surface area contributed by atoms with Gasteiger partial charge in [-0.15, -0.1) is 0 Å². The molecule has 0 radical (unpaired) electrons. The Morgan fingerprint density at radius 3 is 2.86 bits per heavy atom. The minimum absolute atomic E-state index is 0.860. The summed E-state index contributed by atoms with van der Waals surface area (Å²) in [5.74, 6) is 2.34. The Labute approximate surface area is 90.3 Å². The van der Waals surface area contributed by atoms with Crippen molar-refractivity contribution in [2.24, 2.45) is 0 Å². The predicted octanol–water partition coefficient (Wildman–Crippen LogP) is 2.74. The number of aryl methyl sites for hydroxylation is 1. The van der Waals surface area contributed by atoms with E-state index in [-0.39, 0.29) is 0 Å². The van der Waals surface area contributed by atoms with Crippen LogP contribution in [0.2, 0.25) is 0 Å². The van der Waals surface area contributed by atoms with Gasteiger partial charge in [-0.05, 0) is 36.4 Å². The lowest BCUT2D eigenvalue weighted by molar-refractivity contribution is 1.22. The first kappa shape index (κ1) is 11.2. The lowest BCUT2D eigenvalue weighted by Gasteiger charge is -2.07. The van der Waals surface area contributed by atoms with Crippen molar-refractivity contribution in [1.29, 1.82) is 0 Å². The van der Waals surface area contributed by atoms with Gasteiger partial charge in [-0.1, -0.05) is 6.92 Å². The van der Waals surface area contributed by atoms with Crippen LogP contribution < -0.4 is 11.1 Å². The van der Waals surface area contributed by atoms with Crippen LogP contribution in [0.3, 0.4) is 0 Å². The molecule has 0 aliphatic carbocycles. The van der Waals surface area contributed by atoms with E-state index >= 15 is 0 Å². The van der Waals surface area contributed by atoms with Gasteiger partial charge in [-0.2, -0.15) is 11.8 Å². The fraction of sp³-hybridized carbons (Fsp3) is 0.455. The second kappa shape index (κ2) is 5.81. The van der Waals surface area contributed by atoms with Gasteiger partial charge < -0.3 is 11.1 Å². The summed E-state index contributed by atoms with van der Waals surface area (Å²) in [6.07, 6.45) is 0. The maximum atomic E-state index is 5.73. The van der Waals surface area contributed by atoms with E-state index in [1.807, 2.05) is 30.8 Å². The number of rotatable bonds is 5. The molecule has 0 fully saturated rings. The molecule has 1 aromatic carbocycles. The lowest BCUT2D eigenvalue weighted by Crippen LogP contribution is -2.04. The molecule has 14 heavy (non-hydrogen) atoms. The summed E-state index contributed by atoms with van der Waals surface area (Å²) < 4.78 is 0. The first-order chi connectivity index (χ1) is 6.74. The number of nitrogen functional groups attached to an aromatic ring is 1. The van der Waals surface area contributed by atoms with Gasteiger partial charge in [-0.3, -0.25) is 0 Å². The molecule has 0 saturated heterocycles. The van der Waals surface area contributed by atoms with E-state index in [0.29, 0.717) is 0 Å². The van der Waals surface area contributed by atoms with E-state index in [1.165, 1.54) is 5.75 Å². The summed E-state index contributed by atoms with van der Waals surface area (Å²) >= 11 is 1.95. The third-order valence-corrected chi connectivity index (χ3v) is 2.95. The molecule has 0 atom stereocenters. The average molecular weight is 210 g/mol. The minimum atomic E-state index is 0.860. The Balaban J connectivity index is 2.39. The lowest BCUT2D eigenvalue weighted by atomic mass is 10.2. The van der Waals surface area contributed by atoms with Crippen LogP contribution in [-0.4, -0.2) is 18.1 Å². The van der Waals surface area contributed by atoms with Gasteiger partial charge in [0.05, 0.1) is 0 Å². The molecule has 1 aromatic rings. The zero-order chi connectivity index (χ0) is 10.4. The Hall–Kier alpha value is -0.830. The first-order valence-electron chi connectivity index (χ1n) is 4.91. The first-order valence-corrected chi connectivity index (χ1v) is 6.07. The zero-order valence-corrected chi connectivity index (χ0v) is 9.66. The van der Waals surface area contributed by atoms with Gasteiger partial charge >= 0.3 is 0 Å². The van der Waals surface area contributed by atoms with Crippen molar-refractivity contribution in [3.05, 3.63) is 23.8 Å². The molecule has 0 amide bonds. The maximum absolute atomic E-state index is 5.73. The summed E-state index contributed by atoms with van der Waals surface area (Å²) in [6.45, 7) is 5.22. The highest BCUT2D eigenvalue weighted by atomic mass is 32.2. The van der Waals surface area contributed by atoms with Crippen LogP contribution in [-0.2, 0) is 0 Å². The highest BCUT2D eigenvalue weighted by Gasteiger charge is 1.95. The second-order valence-electron chi connectivity index (χ2n) is 3.20. The SMILES string of the molecule is CCSCCNc1ccc(N)c(C)c1. The third-order valence-electron chi connectivity index (χ3n) is 2.05. The van der Waals surface area contributed by atoms with E-state index in [9.17, 15) is 0 Å². The van der Waals surface area contributed by atoms with E-state index in [0.717, 1.165) is 29.2 Å². The number of hydrogen-bond donors (Lipinski definition) is 2. The van der Waals surface area contributed by atoms with Crippen LogP contribution in [0.1, 0.15) is 12.5 Å². The average Bonchev–Trinajstić information content (AvgIpc) is 2.18. The Kier molecular flexibility index (Phi) is 4.66. The number of hydrogen-bond acceptors (Lipinski definition) is 3. The van der Waals surface area contributed by atoms with Gasteiger partial charge in [0.25, 0.3) is 0 Å². The molecule has 0 aliphatic rings. The van der Waals surface area contributed by atoms with Crippen LogP contribution in [0.25, 0.3) is 0 Å². The van der Waals surface area contributed by atoms with Crippen LogP contribution in [0.4, 0.5) is 11.4 Å². The number of anilines is 2. The smallest absolute Gasteiger partial charge is 0.0345 e. The van der Waals surface area contributed by atoms with E-state index in [2.05, 4.69) is 18.3 Å². The fourth-order valence-corrected chi connectivity index (χ4v) is 1.73. The highest BCUT2D eigenvalue weighted by molar-refractivity contribution is 7.99. The third kappa shape index (κ3) is 3.50. The number of nitrogens with one attached hydrogen (secondary N) is 1. The molecule has 0 spiro atoms. The quantitative estimate of drug-likeness (QED) is 0.579. The van der Waals surface area contributed by atoms with Gasteiger partial charge in [0.1, 0.15) is 0 Å². The maximum Gasteiger partial charge on any atom is 0.0345 e. The van der Waals surface area contributed by atoms with E-state index in [4.69, 9.17) is 5.73 Å². The summed E-state index contributed by atoms with van der Waals surface area (Å²) in [6, 6.07) is 6.07. The summed E-state index contributed by atoms with van der Waals surface area (Å²) in [5.41, 5.74) is 8.89. The van der Waals surface area contributed by atoms with Crippen molar-refractivity contribution >= 4 is 23.1 Å². The number of thioether (sulfide) groups is 1. The number of nitrogens with two attached hydrogens (primary N) is 1. The van der Waals surface area contributed by atoms with Gasteiger partial charge in [0, 0.05) is 23.7 Å². The Bertz CT molecular complexity index is 287. The molecule has 0 bridgehead atoms. The molecule has 1 rings (SSSR count). The molecule has 0 aliphatic heterocycles. The molecule has 3 heteroatoms. The van der Waals surface area contributed by atoms with Crippen molar-refractivity contribution in [3.8, 4) is 0 Å². The Morgan fingerprint density at radius 2 is 2.21 bits per heavy atom. The van der Waals surface area contributed by atoms with E-state index < -0.39 is 0 Å². The van der Waals surface area contributed by atoms with Gasteiger partial charge in [0.2, 0.25) is 0 Å². The molecule has 78 valence electrons. The van der Waals surface area contributed by atoms with Crippen molar-refractivity contribution in [2.75, 3.05) is 29.1 Å². The largest absolute Gasteiger partial charge is 0.399 e. The van der Waals surface area contributed by atoms with Crippen LogP contribution >= 0.6 is 11.8 Å². The number of benzene rings is 1. The summed E-state index contributed by atoms with van der Waals surface area (Å²) in [5, 5.41) is 3.37. The van der Waals surface area contributed by atoms with Crippen molar-refractivity contribution < 1.29 is 0 Å². The molecule has 3 N–H and O–H groups in total. The fourth-order valence-electron chi connectivity index (χ4n) is 1.20. The molecule has 0 aromatic heterocycles. The Morgan fingerprint density at radius 1 is 1.43 bits per heavy atom. The molecular weight excluding hydrogens is 192 g/mol. The molecule has 0 heterocycles. The van der Waals surface area contributed by atoms with Gasteiger partial charge in [-0.25, -0.2) is 0 Å². The van der Waals surface area contributed by atoms with Crippen LogP contribution in [0, 0.1) is 6.92 Å². The van der Waals surface area contributed by atoms with E-state index in [1.54, 1.807) is 0 Å². The van der Waals surface area contributed by atoms with Crippen LogP contribution in [0.15, 0.2) is 18.2 Å². The molecular formula is C11H18N2S. The molecule has 0 unspecified atom stereocenters. The van der Waals surface area contributed by atoms with Crippen molar-refractivity contribution in [2.45, 2.75) is 13.8 Å². The topological polar surface area (TPSA) is 38.0 Å². The standard InChI is InChI=1S/C11H18N2S/c1-3-14-7-6-13-10-4-5-11(12)9(2)8-10/h4-5,8,13H,3,6-7,12H2,1-2H3. The van der Waals surface area contributed by atoms with Crippen LogP contribution in [0.5, 0.6) is 0 Å². The summed E-state index contributed by atoms with van der Waals surface area (Å²) in [7, 11) is 0. The van der Waals surface area contributed by atoms with Gasteiger partial charge in [0.15, 0.2) is 0 Å². The molecule has 2 nitrogen and oxygen atoms in total.